The van der Waals surface area contributed by atoms with Crippen molar-refractivity contribution in [2.75, 3.05) is 4.72 Å². The summed E-state index contributed by atoms with van der Waals surface area (Å²) in [6.45, 7) is 0. The molecule has 1 aliphatic rings. The van der Waals surface area contributed by atoms with Crippen molar-refractivity contribution in [2.24, 2.45) is 0 Å². The van der Waals surface area contributed by atoms with Crippen molar-refractivity contribution in [1.29, 1.82) is 0 Å². The van der Waals surface area contributed by atoms with Gasteiger partial charge in [0.1, 0.15) is 5.75 Å². The molecule has 6 heteroatoms. The molecule has 1 aromatic heterocycles. The number of H-pyrrole nitrogens is 1. The van der Waals surface area contributed by atoms with Gasteiger partial charge in [0.15, 0.2) is 0 Å². The number of sulfonamides is 1. The van der Waals surface area contributed by atoms with E-state index in [0.717, 1.165) is 16.5 Å². The molecule has 3 aromatic rings. The number of hydrogen-bond acceptors (Lipinski definition) is 3. The topological polar surface area (TPSA) is 82.2 Å². The summed E-state index contributed by atoms with van der Waals surface area (Å²) in [5, 5.41) is 10.6. The van der Waals surface area contributed by atoms with E-state index >= 15 is 0 Å². The first-order valence-corrected chi connectivity index (χ1v) is 8.17. The number of hydrogen-bond donors (Lipinski definition) is 3. The Morgan fingerprint density at radius 2 is 1.91 bits per heavy atom. The number of aromatic amines is 1. The molecule has 4 rings (SSSR count). The number of fused-ring (bicyclic) bond motifs is 2. The fraction of sp³-hybridized carbons (Fsp3) is 0. The smallest absolute Gasteiger partial charge is 0.262 e. The van der Waals surface area contributed by atoms with Crippen molar-refractivity contribution in [3.8, 4) is 5.75 Å². The molecule has 1 aliphatic heterocycles. The Kier molecular flexibility index (Phi) is 2.58. The predicted molar refractivity (Wildman–Crippen MR) is 86.8 cm³/mol. The van der Waals surface area contributed by atoms with Gasteiger partial charge in [-0.25, -0.2) is 8.42 Å². The summed E-state index contributed by atoms with van der Waals surface area (Å²) in [5.74, 6) is 0.0301. The van der Waals surface area contributed by atoms with Crippen LogP contribution in [0.3, 0.4) is 0 Å². The van der Waals surface area contributed by atoms with Crippen LogP contribution in [0.25, 0.3) is 21.9 Å². The molecule has 2 aromatic carbocycles. The fourth-order valence-electron chi connectivity index (χ4n) is 2.68. The van der Waals surface area contributed by atoms with Gasteiger partial charge in [0.05, 0.1) is 10.6 Å². The minimum atomic E-state index is -3.62. The number of para-hydroxylation sites is 1. The zero-order chi connectivity index (χ0) is 15.3. The van der Waals surface area contributed by atoms with E-state index in [1.165, 1.54) is 12.1 Å². The molecule has 5 nitrogen and oxygen atoms in total. The van der Waals surface area contributed by atoms with Gasteiger partial charge in [0.25, 0.3) is 10.0 Å². The lowest BCUT2D eigenvalue weighted by Crippen LogP contribution is -2.05. The van der Waals surface area contributed by atoms with Gasteiger partial charge in [0.2, 0.25) is 0 Å². The highest BCUT2D eigenvalue weighted by atomic mass is 32.2. The van der Waals surface area contributed by atoms with Crippen LogP contribution in [0.4, 0.5) is 5.69 Å². The summed E-state index contributed by atoms with van der Waals surface area (Å²) in [6, 6.07) is 12.1. The quantitative estimate of drug-likeness (QED) is 0.604. The number of nitrogens with one attached hydrogen (secondary N) is 2. The summed E-state index contributed by atoms with van der Waals surface area (Å²) in [5.41, 5.74) is 2.68. The van der Waals surface area contributed by atoms with Gasteiger partial charge in [-0.3, -0.25) is 4.72 Å². The van der Waals surface area contributed by atoms with Crippen LogP contribution in [0.2, 0.25) is 0 Å². The van der Waals surface area contributed by atoms with E-state index < -0.39 is 10.0 Å². The molecule has 0 spiro atoms. The number of anilines is 1. The lowest BCUT2D eigenvalue weighted by Gasteiger charge is -1.99. The minimum Gasteiger partial charge on any atom is -0.508 e. The molecule has 0 bridgehead atoms. The Morgan fingerprint density at radius 1 is 1.09 bits per heavy atom. The number of phenolic OH excluding ortho intramolecular Hbond substituents is 1. The minimum absolute atomic E-state index is 0.0301. The number of aromatic hydroxyl groups is 1. The SMILES string of the molecule is O=S1(=O)Nc2ccc(O)cc2C1=Cc1c[nH]c2ccccc12. The van der Waals surface area contributed by atoms with Gasteiger partial charge >= 0.3 is 0 Å². The second-order valence-electron chi connectivity index (χ2n) is 5.13. The third kappa shape index (κ3) is 1.88. The molecule has 2 heterocycles. The zero-order valence-electron chi connectivity index (χ0n) is 11.4. The Bertz CT molecular complexity index is 1030. The van der Waals surface area contributed by atoms with Crippen LogP contribution in [-0.4, -0.2) is 18.5 Å². The first-order valence-electron chi connectivity index (χ1n) is 6.69. The van der Waals surface area contributed by atoms with E-state index in [4.69, 9.17) is 0 Å². The molecule has 0 atom stereocenters. The van der Waals surface area contributed by atoms with E-state index in [0.29, 0.717) is 11.3 Å². The predicted octanol–water partition coefficient (Wildman–Crippen LogP) is 3.13. The molecule has 0 unspecified atom stereocenters. The van der Waals surface area contributed by atoms with E-state index in [2.05, 4.69) is 9.71 Å². The zero-order valence-corrected chi connectivity index (χ0v) is 12.2. The molecular formula is C16H12N2O3S. The van der Waals surface area contributed by atoms with Gasteiger partial charge in [-0.2, -0.15) is 0 Å². The summed E-state index contributed by atoms with van der Waals surface area (Å²) < 4.78 is 27.1. The van der Waals surface area contributed by atoms with Crippen LogP contribution in [0.1, 0.15) is 11.1 Å². The molecule has 0 saturated carbocycles. The van der Waals surface area contributed by atoms with Gasteiger partial charge in [-0.15, -0.1) is 0 Å². The average molecular weight is 312 g/mol. The van der Waals surface area contributed by atoms with Crippen LogP contribution < -0.4 is 4.72 Å². The molecule has 0 amide bonds. The van der Waals surface area contributed by atoms with Gasteiger partial charge in [-0.05, 0) is 30.3 Å². The second kappa shape index (κ2) is 4.38. The second-order valence-corrected chi connectivity index (χ2v) is 6.78. The van der Waals surface area contributed by atoms with Gasteiger partial charge < -0.3 is 10.1 Å². The van der Waals surface area contributed by atoms with Gasteiger partial charge in [-0.1, -0.05) is 18.2 Å². The monoisotopic (exact) mass is 312 g/mol. The Balaban J connectivity index is 1.97. The van der Waals surface area contributed by atoms with E-state index in [9.17, 15) is 13.5 Å². The molecule has 22 heavy (non-hydrogen) atoms. The lowest BCUT2D eigenvalue weighted by atomic mass is 10.1. The Morgan fingerprint density at radius 3 is 2.77 bits per heavy atom. The van der Waals surface area contributed by atoms with E-state index in [1.807, 2.05) is 24.3 Å². The number of phenols is 1. The van der Waals surface area contributed by atoms with Crippen LogP contribution in [0.15, 0.2) is 48.7 Å². The normalized spacial score (nSPS) is 17.5. The number of benzene rings is 2. The van der Waals surface area contributed by atoms with Crippen molar-refractivity contribution < 1.29 is 13.5 Å². The van der Waals surface area contributed by atoms with Crippen LogP contribution in [0, 0.1) is 0 Å². The third-order valence-electron chi connectivity index (χ3n) is 3.71. The van der Waals surface area contributed by atoms with Crippen LogP contribution in [0.5, 0.6) is 5.75 Å². The summed E-state index contributed by atoms with van der Waals surface area (Å²) in [4.78, 5) is 3.27. The van der Waals surface area contributed by atoms with Crippen molar-refractivity contribution in [3.05, 3.63) is 59.8 Å². The van der Waals surface area contributed by atoms with E-state index in [-0.39, 0.29) is 10.7 Å². The molecule has 110 valence electrons. The maximum atomic E-state index is 12.3. The summed E-state index contributed by atoms with van der Waals surface area (Å²) in [6.07, 6.45) is 3.39. The highest BCUT2D eigenvalue weighted by molar-refractivity contribution is 8.02. The maximum Gasteiger partial charge on any atom is 0.262 e. The largest absolute Gasteiger partial charge is 0.508 e. The fourth-order valence-corrected chi connectivity index (χ4v) is 4.00. The molecule has 0 radical (unpaired) electrons. The van der Waals surface area contributed by atoms with Crippen molar-refractivity contribution in [1.82, 2.24) is 4.98 Å². The first kappa shape index (κ1) is 13.0. The highest BCUT2D eigenvalue weighted by Crippen LogP contribution is 2.40. The lowest BCUT2D eigenvalue weighted by molar-refractivity contribution is 0.475. The first-order chi connectivity index (χ1) is 10.5. The number of aromatic nitrogens is 1. The summed E-state index contributed by atoms with van der Waals surface area (Å²) in [7, 11) is -3.62. The Hall–Kier alpha value is -2.73. The molecule has 0 fully saturated rings. The molecular weight excluding hydrogens is 300 g/mol. The molecule has 0 saturated heterocycles. The molecule has 0 aliphatic carbocycles. The van der Waals surface area contributed by atoms with Crippen molar-refractivity contribution in [3.63, 3.8) is 0 Å². The van der Waals surface area contributed by atoms with Gasteiger partial charge in [0, 0.05) is 28.2 Å². The molecule has 3 N–H and O–H groups in total. The standard InChI is InChI=1S/C16H12N2O3S/c19-11-5-6-15-13(8-11)16(22(20,21)18-15)7-10-9-17-14-4-2-1-3-12(10)14/h1-9,17-19H. The van der Waals surface area contributed by atoms with Crippen molar-refractivity contribution >= 4 is 37.6 Å². The van der Waals surface area contributed by atoms with E-state index in [1.54, 1.807) is 18.3 Å². The number of rotatable bonds is 1. The van der Waals surface area contributed by atoms with Crippen molar-refractivity contribution in [2.45, 2.75) is 0 Å². The average Bonchev–Trinajstić information content (AvgIpc) is 3.00. The summed E-state index contributed by atoms with van der Waals surface area (Å²) >= 11 is 0. The maximum absolute atomic E-state index is 12.3. The Labute approximate surface area is 127 Å². The van der Waals surface area contributed by atoms with Crippen LogP contribution >= 0.6 is 0 Å². The van der Waals surface area contributed by atoms with Crippen LogP contribution in [-0.2, 0) is 10.0 Å². The third-order valence-corrected chi connectivity index (χ3v) is 5.12. The highest BCUT2D eigenvalue weighted by Gasteiger charge is 2.30.